The van der Waals surface area contributed by atoms with E-state index in [0.29, 0.717) is 41.7 Å². The van der Waals surface area contributed by atoms with Crippen LogP contribution >= 0.6 is 0 Å². The van der Waals surface area contributed by atoms with Crippen molar-refractivity contribution in [1.82, 2.24) is 9.48 Å². The molecule has 0 atom stereocenters. The molecule has 2 aliphatic rings. The Morgan fingerprint density at radius 2 is 1.60 bits per heavy atom. The van der Waals surface area contributed by atoms with Crippen LogP contribution in [0.2, 0.25) is 6.04 Å². The normalized spacial score (nSPS) is 13.2. The summed E-state index contributed by atoms with van der Waals surface area (Å²) in [4.78, 5) is 4.23. The summed E-state index contributed by atoms with van der Waals surface area (Å²) >= 11 is 0. The number of fused-ring (bicyclic) bond motifs is 2. The zero-order chi connectivity index (χ0) is 31.4. The molecule has 1 heterocycles. The van der Waals surface area contributed by atoms with E-state index in [-0.39, 0.29) is 4.90 Å². The lowest BCUT2D eigenvalue weighted by Crippen LogP contribution is -2.46. The minimum Gasteiger partial charge on any atom is -0.456 e. The third kappa shape index (κ3) is 7.01. The molecule has 0 saturated heterocycles. The molecule has 2 aromatic carbocycles. The molecule has 43 heavy (non-hydrogen) atoms. The number of hydrogen-bond donors (Lipinski definition) is 1. The minimum absolute atomic E-state index is 0.151. The zero-order valence-electron chi connectivity index (χ0n) is 26.0. The van der Waals surface area contributed by atoms with Crippen molar-refractivity contribution in [3.8, 4) is 22.5 Å². The SMILES string of the molecule is CCN(CC)c1ccc2c(-c3ccccc3S(=O)(=O)O)c3cc/c(=[N+](/C)CN(C)CC[Si](OC)(OC)OC)cc-3oc2c1. The van der Waals surface area contributed by atoms with Crippen LogP contribution in [0.1, 0.15) is 13.8 Å². The molecule has 1 aliphatic heterocycles. The molecule has 0 aromatic heterocycles. The quantitative estimate of drug-likeness (QED) is 0.0755. The Balaban J connectivity index is 1.88. The molecule has 1 aliphatic carbocycles. The van der Waals surface area contributed by atoms with Gasteiger partial charge in [-0.25, -0.2) is 4.58 Å². The predicted molar refractivity (Wildman–Crippen MR) is 172 cm³/mol. The van der Waals surface area contributed by atoms with E-state index in [9.17, 15) is 13.0 Å². The molecular weight excluding hydrogens is 587 g/mol. The lowest BCUT2D eigenvalue weighted by molar-refractivity contribution is 0.119. The third-order valence-electron chi connectivity index (χ3n) is 7.88. The van der Waals surface area contributed by atoms with Gasteiger partial charge in [-0.15, -0.1) is 0 Å². The van der Waals surface area contributed by atoms with Crippen molar-refractivity contribution >= 4 is 35.6 Å². The van der Waals surface area contributed by atoms with Crippen molar-refractivity contribution in [2.24, 2.45) is 0 Å². The average molecular weight is 629 g/mol. The number of rotatable bonds is 13. The van der Waals surface area contributed by atoms with E-state index >= 15 is 0 Å². The minimum atomic E-state index is -4.48. The fourth-order valence-corrected chi connectivity index (χ4v) is 7.94. The maximum atomic E-state index is 12.4. The van der Waals surface area contributed by atoms with Gasteiger partial charge in [0.05, 0.1) is 6.07 Å². The first-order valence-electron chi connectivity index (χ1n) is 14.2. The van der Waals surface area contributed by atoms with E-state index in [2.05, 4.69) is 28.2 Å². The lowest BCUT2D eigenvalue weighted by atomic mass is 9.93. The summed E-state index contributed by atoms with van der Waals surface area (Å²) in [5.74, 6) is 0.598. The van der Waals surface area contributed by atoms with Gasteiger partial charge in [-0.05, 0) is 45.2 Å². The molecular formula is C31H42N3O7SSi+. The summed E-state index contributed by atoms with van der Waals surface area (Å²) < 4.78 is 60.3. The largest absolute Gasteiger partial charge is 0.501 e. The summed E-state index contributed by atoms with van der Waals surface area (Å²) in [6.07, 6.45) is 0. The fourth-order valence-electron chi connectivity index (χ4n) is 5.48. The lowest BCUT2D eigenvalue weighted by Gasteiger charge is -2.26. The first-order chi connectivity index (χ1) is 20.5. The second-order valence-electron chi connectivity index (χ2n) is 10.4. The van der Waals surface area contributed by atoms with Gasteiger partial charge in [-0.1, -0.05) is 18.2 Å². The molecule has 0 bridgehead atoms. The molecule has 0 unspecified atom stereocenters. The molecule has 0 amide bonds. The highest BCUT2D eigenvalue weighted by Gasteiger charge is 2.37. The van der Waals surface area contributed by atoms with Crippen LogP contribution in [-0.2, 0) is 23.4 Å². The van der Waals surface area contributed by atoms with Gasteiger partial charge in [0.25, 0.3) is 10.1 Å². The van der Waals surface area contributed by atoms with Crippen molar-refractivity contribution in [2.45, 2.75) is 24.8 Å². The number of anilines is 1. The summed E-state index contributed by atoms with van der Waals surface area (Å²) in [7, 11) is 1.69. The predicted octanol–water partition coefficient (Wildman–Crippen LogP) is 4.47. The van der Waals surface area contributed by atoms with E-state index in [1.54, 1.807) is 39.5 Å². The van der Waals surface area contributed by atoms with Crippen molar-refractivity contribution in [1.29, 1.82) is 0 Å². The highest BCUT2D eigenvalue weighted by atomic mass is 32.2. The van der Waals surface area contributed by atoms with E-state index in [1.165, 1.54) is 6.07 Å². The molecule has 0 saturated carbocycles. The van der Waals surface area contributed by atoms with Crippen LogP contribution < -0.4 is 14.8 Å². The maximum Gasteiger partial charge on any atom is 0.501 e. The van der Waals surface area contributed by atoms with Gasteiger partial charge in [0.1, 0.15) is 23.3 Å². The summed E-state index contributed by atoms with van der Waals surface area (Å²) in [6, 6.07) is 19.0. The molecule has 4 rings (SSSR count). The first kappa shape index (κ1) is 32.8. The zero-order valence-corrected chi connectivity index (χ0v) is 27.8. The molecule has 12 heteroatoms. The molecule has 0 spiro atoms. The average Bonchev–Trinajstić information content (AvgIpc) is 3.00. The Hall–Kier alpha value is -3.10. The van der Waals surface area contributed by atoms with E-state index in [0.717, 1.165) is 35.1 Å². The Labute approximate surface area is 255 Å². The van der Waals surface area contributed by atoms with Gasteiger partial charge in [0.2, 0.25) is 5.36 Å². The fraction of sp³-hybridized carbons (Fsp3) is 0.387. The van der Waals surface area contributed by atoms with Crippen LogP contribution in [0, 0.1) is 0 Å². The standard InChI is InChI=1S/C31H41N3O7SSi/c1-8-34(9-2)24-15-17-26-29(21-24)41-28-20-23(33(4)22-32(3)18-19-43(38-5,39-6)40-7)14-16-25(28)31(26)27-12-10-11-13-30(27)42(35,36)37/h10-17,20-21H,8-9,18-19,22H2,1-7H3/p+1. The van der Waals surface area contributed by atoms with Crippen molar-refractivity contribution < 1.29 is 30.7 Å². The number of nitrogens with zero attached hydrogens (tertiary/aromatic N) is 3. The van der Waals surface area contributed by atoms with Gasteiger partial charge < -0.3 is 22.6 Å². The van der Waals surface area contributed by atoms with Crippen LogP contribution in [0.25, 0.3) is 33.4 Å². The Kier molecular flexibility index (Phi) is 10.4. The van der Waals surface area contributed by atoms with Gasteiger partial charge in [0, 0.05) is 86.9 Å². The van der Waals surface area contributed by atoms with Gasteiger partial charge in [-0.3, -0.25) is 9.45 Å². The smallest absolute Gasteiger partial charge is 0.456 e. The Morgan fingerprint density at radius 3 is 2.23 bits per heavy atom. The Morgan fingerprint density at radius 1 is 0.930 bits per heavy atom. The Bertz CT molecular complexity index is 1710. The van der Waals surface area contributed by atoms with Gasteiger partial charge >= 0.3 is 8.80 Å². The molecule has 0 fully saturated rings. The first-order valence-corrected chi connectivity index (χ1v) is 17.6. The van der Waals surface area contributed by atoms with E-state index < -0.39 is 18.9 Å². The molecule has 232 valence electrons. The molecule has 2 aromatic rings. The summed E-state index contributed by atoms with van der Waals surface area (Å²) in [6.45, 7) is 7.18. The van der Waals surface area contributed by atoms with Gasteiger partial charge in [0.15, 0.2) is 6.67 Å². The van der Waals surface area contributed by atoms with Crippen molar-refractivity contribution in [3.63, 3.8) is 0 Å². The van der Waals surface area contributed by atoms with Gasteiger partial charge in [-0.2, -0.15) is 8.42 Å². The van der Waals surface area contributed by atoms with E-state index in [1.807, 2.05) is 50.5 Å². The van der Waals surface area contributed by atoms with Crippen molar-refractivity contribution in [3.05, 3.63) is 66.0 Å². The second kappa shape index (κ2) is 13.7. The van der Waals surface area contributed by atoms with Crippen LogP contribution in [0.15, 0.2) is 70.0 Å². The third-order valence-corrected chi connectivity index (χ3v) is 11.5. The highest BCUT2D eigenvalue weighted by Crippen LogP contribution is 2.42. The van der Waals surface area contributed by atoms with Crippen LogP contribution in [-0.4, -0.2) is 88.4 Å². The number of benzene rings is 3. The maximum absolute atomic E-state index is 12.4. The topological polar surface area (TPSA) is 105 Å². The molecule has 0 radical (unpaired) electrons. The summed E-state index contributed by atoms with van der Waals surface area (Å²) in [5, 5.41) is 1.67. The molecule has 1 N–H and O–H groups in total. The monoisotopic (exact) mass is 628 g/mol. The molecule has 10 nitrogen and oxygen atoms in total. The number of hydrogen-bond acceptors (Lipinski definition) is 8. The second-order valence-corrected chi connectivity index (χ2v) is 14.9. The summed E-state index contributed by atoms with van der Waals surface area (Å²) in [5.41, 5.74) is 3.46. The highest BCUT2D eigenvalue weighted by molar-refractivity contribution is 7.86. The van der Waals surface area contributed by atoms with Crippen molar-refractivity contribution in [2.75, 3.05) is 66.6 Å². The van der Waals surface area contributed by atoms with Crippen LogP contribution in [0.5, 0.6) is 0 Å². The van der Waals surface area contributed by atoms with E-state index in [4.69, 9.17) is 17.7 Å². The van der Waals surface area contributed by atoms with Crippen LogP contribution in [0.4, 0.5) is 5.69 Å². The van der Waals surface area contributed by atoms with Crippen LogP contribution in [0.3, 0.4) is 0 Å².